The summed E-state index contributed by atoms with van der Waals surface area (Å²) in [7, 11) is 0. The Hall–Kier alpha value is -2.14. The van der Waals surface area contributed by atoms with Crippen LogP contribution in [0.15, 0.2) is 36.7 Å². The fraction of sp³-hybridized carbons (Fsp3) is 0.333. The summed E-state index contributed by atoms with van der Waals surface area (Å²) >= 11 is 0. The van der Waals surface area contributed by atoms with Crippen molar-refractivity contribution in [1.82, 2.24) is 14.5 Å². The molecule has 0 bridgehead atoms. The summed E-state index contributed by atoms with van der Waals surface area (Å²) in [6.45, 7) is 2.88. The van der Waals surface area contributed by atoms with Gasteiger partial charge in [-0.05, 0) is 18.6 Å². The van der Waals surface area contributed by atoms with E-state index in [9.17, 15) is 9.90 Å². The monoisotopic (exact) mass is 271 g/mol. The molecule has 1 aliphatic heterocycles. The van der Waals surface area contributed by atoms with Gasteiger partial charge in [-0.15, -0.1) is 0 Å². The Balaban J connectivity index is 1.91. The van der Waals surface area contributed by atoms with Gasteiger partial charge in [0.1, 0.15) is 5.82 Å². The van der Waals surface area contributed by atoms with E-state index in [0.29, 0.717) is 13.1 Å². The van der Waals surface area contributed by atoms with E-state index >= 15 is 0 Å². The SMILES string of the molecule is Cc1nccn1-c1ccccc1CN1CC(O)CC1=O. The number of amides is 1. The van der Waals surface area contributed by atoms with Crippen molar-refractivity contribution in [2.45, 2.75) is 26.0 Å². The van der Waals surface area contributed by atoms with E-state index in [2.05, 4.69) is 4.98 Å². The maximum Gasteiger partial charge on any atom is 0.225 e. The first-order valence-electron chi connectivity index (χ1n) is 6.69. The lowest BCUT2D eigenvalue weighted by Crippen LogP contribution is -2.26. The first-order valence-corrected chi connectivity index (χ1v) is 6.69. The predicted molar refractivity (Wildman–Crippen MR) is 74.3 cm³/mol. The molecule has 0 aliphatic carbocycles. The van der Waals surface area contributed by atoms with Gasteiger partial charge in [0.05, 0.1) is 18.2 Å². The minimum Gasteiger partial charge on any atom is -0.391 e. The van der Waals surface area contributed by atoms with Gasteiger partial charge in [-0.2, -0.15) is 0 Å². The Morgan fingerprint density at radius 1 is 1.40 bits per heavy atom. The second-order valence-corrected chi connectivity index (χ2v) is 5.11. The quantitative estimate of drug-likeness (QED) is 0.914. The number of imidazole rings is 1. The number of carbonyl (C=O) groups is 1. The van der Waals surface area contributed by atoms with E-state index in [0.717, 1.165) is 17.1 Å². The molecule has 5 nitrogen and oxygen atoms in total. The van der Waals surface area contributed by atoms with E-state index in [1.54, 1.807) is 11.1 Å². The van der Waals surface area contributed by atoms with E-state index in [1.807, 2.05) is 42.0 Å². The smallest absolute Gasteiger partial charge is 0.225 e. The summed E-state index contributed by atoms with van der Waals surface area (Å²) in [6, 6.07) is 7.95. The molecular formula is C15H17N3O2. The molecular weight excluding hydrogens is 254 g/mol. The highest BCUT2D eigenvalue weighted by atomic mass is 16.3. The molecule has 2 heterocycles. The third-order valence-corrected chi connectivity index (χ3v) is 3.63. The van der Waals surface area contributed by atoms with Gasteiger partial charge < -0.3 is 14.6 Å². The lowest BCUT2D eigenvalue weighted by atomic mass is 10.1. The topological polar surface area (TPSA) is 58.4 Å². The number of rotatable bonds is 3. The van der Waals surface area contributed by atoms with Crippen molar-refractivity contribution in [3.63, 3.8) is 0 Å². The summed E-state index contributed by atoms with van der Waals surface area (Å²) < 4.78 is 2.01. The highest BCUT2D eigenvalue weighted by molar-refractivity contribution is 5.79. The fourth-order valence-corrected chi connectivity index (χ4v) is 2.62. The average molecular weight is 271 g/mol. The van der Waals surface area contributed by atoms with E-state index in [4.69, 9.17) is 0 Å². The molecule has 1 saturated heterocycles. The van der Waals surface area contributed by atoms with Crippen LogP contribution < -0.4 is 0 Å². The van der Waals surface area contributed by atoms with Crippen LogP contribution in [0.1, 0.15) is 17.8 Å². The average Bonchev–Trinajstić information content (AvgIpc) is 2.97. The minimum absolute atomic E-state index is 0.00894. The predicted octanol–water partition coefficient (Wildman–Crippen LogP) is 1.27. The third-order valence-electron chi connectivity index (χ3n) is 3.63. The van der Waals surface area contributed by atoms with Crippen LogP contribution in [-0.2, 0) is 11.3 Å². The summed E-state index contributed by atoms with van der Waals surface area (Å²) in [5, 5.41) is 9.57. The number of aliphatic hydroxyl groups excluding tert-OH is 1. The van der Waals surface area contributed by atoms with Crippen LogP contribution in [0, 0.1) is 6.92 Å². The molecule has 0 radical (unpaired) electrons. The van der Waals surface area contributed by atoms with Crippen LogP contribution in [0.25, 0.3) is 5.69 Å². The zero-order valence-electron chi connectivity index (χ0n) is 11.4. The van der Waals surface area contributed by atoms with Gasteiger partial charge in [0.25, 0.3) is 0 Å². The van der Waals surface area contributed by atoms with Crippen molar-refractivity contribution in [1.29, 1.82) is 0 Å². The highest BCUT2D eigenvalue weighted by Crippen LogP contribution is 2.21. The summed E-state index contributed by atoms with van der Waals surface area (Å²) in [6.07, 6.45) is 3.36. The fourth-order valence-electron chi connectivity index (χ4n) is 2.62. The summed E-state index contributed by atoms with van der Waals surface area (Å²) in [5.74, 6) is 0.917. The second kappa shape index (κ2) is 5.09. The van der Waals surface area contributed by atoms with Gasteiger partial charge in [-0.3, -0.25) is 4.79 Å². The Kier molecular flexibility index (Phi) is 3.28. The van der Waals surface area contributed by atoms with Crippen molar-refractivity contribution in [2.75, 3.05) is 6.54 Å². The third kappa shape index (κ3) is 2.32. The van der Waals surface area contributed by atoms with Gasteiger partial charge >= 0.3 is 0 Å². The first kappa shape index (κ1) is 12.9. The molecule has 1 fully saturated rings. The zero-order valence-corrected chi connectivity index (χ0v) is 11.4. The number of aromatic nitrogens is 2. The zero-order chi connectivity index (χ0) is 14.1. The lowest BCUT2D eigenvalue weighted by molar-refractivity contribution is -0.128. The maximum absolute atomic E-state index is 11.8. The van der Waals surface area contributed by atoms with E-state index < -0.39 is 6.10 Å². The van der Waals surface area contributed by atoms with Gasteiger partial charge in [0, 0.05) is 25.5 Å². The molecule has 3 rings (SSSR count). The normalized spacial score (nSPS) is 18.8. The molecule has 0 saturated carbocycles. The Bertz CT molecular complexity index is 636. The van der Waals surface area contributed by atoms with Crippen molar-refractivity contribution in [3.05, 3.63) is 48.0 Å². The minimum atomic E-state index is -0.537. The number of benzene rings is 1. The number of carbonyl (C=O) groups excluding carboxylic acids is 1. The molecule has 20 heavy (non-hydrogen) atoms. The number of likely N-dealkylation sites (tertiary alicyclic amines) is 1. The van der Waals surface area contributed by atoms with Gasteiger partial charge in [0.15, 0.2) is 0 Å². The van der Waals surface area contributed by atoms with Gasteiger partial charge in [0.2, 0.25) is 5.91 Å². The Morgan fingerprint density at radius 3 is 2.85 bits per heavy atom. The van der Waals surface area contributed by atoms with E-state index in [1.165, 1.54) is 0 Å². The van der Waals surface area contributed by atoms with Gasteiger partial charge in [-0.1, -0.05) is 18.2 Å². The van der Waals surface area contributed by atoms with E-state index in [-0.39, 0.29) is 12.3 Å². The number of aryl methyl sites for hydroxylation is 1. The molecule has 104 valence electrons. The van der Waals surface area contributed by atoms with Gasteiger partial charge in [-0.25, -0.2) is 4.98 Å². The van der Waals surface area contributed by atoms with Crippen LogP contribution in [0.2, 0.25) is 0 Å². The first-order chi connectivity index (χ1) is 9.65. The number of hydrogen-bond acceptors (Lipinski definition) is 3. The molecule has 1 N–H and O–H groups in total. The highest BCUT2D eigenvalue weighted by Gasteiger charge is 2.28. The number of para-hydroxylation sites is 1. The van der Waals surface area contributed by atoms with Crippen molar-refractivity contribution >= 4 is 5.91 Å². The van der Waals surface area contributed by atoms with Crippen molar-refractivity contribution in [3.8, 4) is 5.69 Å². The summed E-state index contributed by atoms with van der Waals surface area (Å²) in [4.78, 5) is 17.7. The number of nitrogens with zero attached hydrogens (tertiary/aromatic N) is 3. The molecule has 1 amide bonds. The molecule has 1 aliphatic rings. The molecule has 1 aromatic carbocycles. The Labute approximate surface area is 117 Å². The summed E-state index contributed by atoms with van der Waals surface area (Å²) in [5.41, 5.74) is 2.08. The molecule has 0 spiro atoms. The maximum atomic E-state index is 11.8. The lowest BCUT2D eigenvalue weighted by Gasteiger charge is -2.19. The second-order valence-electron chi connectivity index (χ2n) is 5.11. The van der Waals surface area contributed by atoms with Crippen LogP contribution >= 0.6 is 0 Å². The molecule has 1 unspecified atom stereocenters. The van der Waals surface area contributed by atoms with Crippen LogP contribution in [0.4, 0.5) is 0 Å². The largest absolute Gasteiger partial charge is 0.391 e. The standard InChI is InChI=1S/C15H17N3O2/c1-11-16-6-7-18(11)14-5-3-2-4-12(14)9-17-10-13(19)8-15(17)20/h2-7,13,19H,8-10H2,1H3. The number of aliphatic hydroxyl groups is 1. The number of hydrogen-bond donors (Lipinski definition) is 1. The molecule has 1 aromatic heterocycles. The molecule has 5 heteroatoms. The number of β-amino-alcohol motifs (C(OH)–C–C–N with tert-alkyl or cyclic N) is 1. The van der Waals surface area contributed by atoms with Crippen LogP contribution in [0.5, 0.6) is 0 Å². The van der Waals surface area contributed by atoms with Crippen molar-refractivity contribution in [2.24, 2.45) is 0 Å². The Morgan fingerprint density at radius 2 is 2.20 bits per heavy atom. The van der Waals surface area contributed by atoms with Crippen LogP contribution in [-0.4, -0.2) is 38.1 Å². The van der Waals surface area contributed by atoms with Crippen LogP contribution in [0.3, 0.4) is 0 Å². The van der Waals surface area contributed by atoms with Crippen molar-refractivity contribution < 1.29 is 9.90 Å². The molecule has 1 atom stereocenters. The molecule has 2 aromatic rings.